The smallest absolute Gasteiger partial charge is 0.311 e. The lowest BCUT2D eigenvalue weighted by atomic mass is 10.2. The van der Waals surface area contributed by atoms with Crippen molar-refractivity contribution in [2.75, 3.05) is 6.61 Å². The minimum Gasteiger partial charge on any atom is -0.486 e. The first-order valence-corrected chi connectivity index (χ1v) is 6.18. The summed E-state index contributed by atoms with van der Waals surface area (Å²) in [4.78, 5) is 10.5. The fourth-order valence-electron chi connectivity index (χ4n) is 1.83. The van der Waals surface area contributed by atoms with Crippen LogP contribution in [0.15, 0.2) is 30.6 Å². The molecule has 0 unspecified atom stereocenters. The molecule has 0 aliphatic heterocycles. The Morgan fingerprint density at radius 3 is 2.85 bits per heavy atom. The van der Waals surface area contributed by atoms with Crippen molar-refractivity contribution in [3.63, 3.8) is 0 Å². The molecule has 0 fully saturated rings. The number of aryl methyl sites for hydroxylation is 1. The van der Waals surface area contributed by atoms with E-state index in [1.807, 2.05) is 13.2 Å². The molecular weight excluding hydrogens is 260 g/mol. The molecule has 0 amide bonds. The molecule has 1 aromatic heterocycles. The first-order valence-electron chi connectivity index (χ1n) is 6.18. The lowest BCUT2D eigenvalue weighted by Crippen LogP contribution is -2.04. The van der Waals surface area contributed by atoms with Gasteiger partial charge < -0.3 is 10.5 Å². The molecule has 0 saturated heterocycles. The Bertz CT molecular complexity index is 609. The molecule has 7 heteroatoms. The van der Waals surface area contributed by atoms with Crippen molar-refractivity contribution in [2.45, 2.75) is 13.0 Å². The van der Waals surface area contributed by atoms with Crippen LogP contribution in [-0.4, -0.2) is 21.3 Å². The number of nitro groups is 1. The van der Waals surface area contributed by atoms with Crippen molar-refractivity contribution < 1.29 is 9.66 Å². The zero-order valence-corrected chi connectivity index (χ0v) is 11.2. The molecule has 1 aromatic carbocycles. The topological polar surface area (TPSA) is 96.2 Å². The average molecular weight is 276 g/mol. The number of benzene rings is 1. The molecule has 7 nitrogen and oxygen atoms in total. The molecule has 2 N–H and O–H groups in total. The SMILES string of the molecule is Cn1cc(CCOc2ccc(CN)cc2[N+](=O)[O-])cn1. The van der Waals surface area contributed by atoms with Gasteiger partial charge in [0, 0.05) is 32.3 Å². The maximum Gasteiger partial charge on any atom is 0.311 e. The summed E-state index contributed by atoms with van der Waals surface area (Å²) in [6.07, 6.45) is 4.27. The molecule has 2 aromatic rings. The zero-order chi connectivity index (χ0) is 14.5. The minimum absolute atomic E-state index is 0.0564. The second-order valence-electron chi connectivity index (χ2n) is 4.38. The van der Waals surface area contributed by atoms with Gasteiger partial charge in [-0.2, -0.15) is 5.10 Å². The molecule has 0 atom stereocenters. The van der Waals surface area contributed by atoms with E-state index in [-0.39, 0.29) is 18.0 Å². The van der Waals surface area contributed by atoms with Crippen LogP contribution in [0.2, 0.25) is 0 Å². The van der Waals surface area contributed by atoms with E-state index >= 15 is 0 Å². The van der Waals surface area contributed by atoms with Crippen LogP contribution in [0.4, 0.5) is 5.69 Å². The van der Waals surface area contributed by atoms with E-state index in [0.29, 0.717) is 18.6 Å². The van der Waals surface area contributed by atoms with Crippen LogP contribution in [0.3, 0.4) is 0 Å². The monoisotopic (exact) mass is 276 g/mol. The first kappa shape index (κ1) is 14.0. The summed E-state index contributed by atoms with van der Waals surface area (Å²) < 4.78 is 7.19. The number of nitrogens with zero attached hydrogens (tertiary/aromatic N) is 3. The molecule has 2 rings (SSSR count). The highest BCUT2D eigenvalue weighted by Gasteiger charge is 2.15. The van der Waals surface area contributed by atoms with Crippen molar-refractivity contribution in [1.82, 2.24) is 9.78 Å². The largest absolute Gasteiger partial charge is 0.486 e. The van der Waals surface area contributed by atoms with E-state index < -0.39 is 4.92 Å². The summed E-state index contributed by atoms with van der Waals surface area (Å²) in [6, 6.07) is 4.76. The molecule has 1 heterocycles. The molecule has 0 radical (unpaired) electrons. The van der Waals surface area contributed by atoms with Gasteiger partial charge in [-0.1, -0.05) is 6.07 Å². The predicted molar refractivity (Wildman–Crippen MR) is 73.4 cm³/mol. The Labute approximate surface area is 116 Å². The van der Waals surface area contributed by atoms with Gasteiger partial charge in [0.2, 0.25) is 0 Å². The molecule has 106 valence electrons. The Morgan fingerprint density at radius 1 is 1.45 bits per heavy atom. The number of rotatable bonds is 6. The van der Waals surface area contributed by atoms with Crippen LogP contribution >= 0.6 is 0 Å². The highest BCUT2D eigenvalue weighted by atomic mass is 16.6. The van der Waals surface area contributed by atoms with E-state index in [2.05, 4.69) is 5.10 Å². The number of nitrogens with two attached hydrogens (primary N) is 1. The highest BCUT2D eigenvalue weighted by Crippen LogP contribution is 2.27. The second-order valence-corrected chi connectivity index (χ2v) is 4.38. The van der Waals surface area contributed by atoms with E-state index in [1.165, 1.54) is 6.07 Å². The van der Waals surface area contributed by atoms with Crippen LogP contribution in [0.1, 0.15) is 11.1 Å². The van der Waals surface area contributed by atoms with Gasteiger partial charge in [0.15, 0.2) is 5.75 Å². The van der Waals surface area contributed by atoms with Crippen molar-refractivity contribution in [2.24, 2.45) is 12.8 Å². The fraction of sp³-hybridized carbons (Fsp3) is 0.308. The fourth-order valence-corrected chi connectivity index (χ4v) is 1.83. The highest BCUT2D eigenvalue weighted by molar-refractivity contribution is 5.48. The van der Waals surface area contributed by atoms with Gasteiger partial charge in [0.1, 0.15) is 0 Å². The summed E-state index contributed by atoms with van der Waals surface area (Å²) in [5, 5.41) is 15.0. The number of nitro benzene ring substituents is 1. The Kier molecular flexibility index (Phi) is 4.31. The van der Waals surface area contributed by atoms with E-state index in [0.717, 1.165) is 5.56 Å². The predicted octanol–water partition coefficient (Wildman–Crippen LogP) is 1.41. The first-order chi connectivity index (χ1) is 9.60. The molecule has 0 spiro atoms. The van der Waals surface area contributed by atoms with E-state index in [4.69, 9.17) is 10.5 Å². The Balaban J connectivity index is 2.03. The number of hydrogen-bond acceptors (Lipinski definition) is 5. The van der Waals surface area contributed by atoms with E-state index in [1.54, 1.807) is 23.0 Å². The Hall–Kier alpha value is -2.41. The zero-order valence-electron chi connectivity index (χ0n) is 11.2. The third-order valence-corrected chi connectivity index (χ3v) is 2.86. The third-order valence-electron chi connectivity index (χ3n) is 2.86. The van der Waals surface area contributed by atoms with Gasteiger partial charge in [0.25, 0.3) is 0 Å². The quantitative estimate of drug-likeness (QED) is 0.635. The van der Waals surface area contributed by atoms with Gasteiger partial charge in [0.05, 0.1) is 17.7 Å². The van der Waals surface area contributed by atoms with E-state index in [9.17, 15) is 10.1 Å². The van der Waals surface area contributed by atoms with Gasteiger partial charge in [-0.05, 0) is 17.2 Å². The number of ether oxygens (including phenoxy) is 1. The lowest BCUT2D eigenvalue weighted by molar-refractivity contribution is -0.385. The molecule has 0 bridgehead atoms. The molecular formula is C13H16N4O3. The molecule has 20 heavy (non-hydrogen) atoms. The van der Waals surface area contributed by atoms with Gasteiger partial charge in [-0.25, -0.2) is 0 Å². The summed E-state index contributed by atoms with van der Waals surface area (Å²) >= 11 is 0. The van der Waals surface area contributed by atoms with Crippen LogP contribution in [0.5, 0.6) is 5.75 Å². The Morgan fingerprint density at radius 2 is 2.25 bits per heavy atom. The minimum atomic E-state index is -0.460. The van der Waals surface area contributed by atoms with Crippen molar-refractivity contribution in [3.05, 3.63) is 51.8 Å². The molecule has 0 saturated carbocycles. The summed E-state index contributed by atoms with van der Waals surface area (Å²) in [5.41, 5.74) is 7.15. The molecule has 0 aliphatic rings. The maximum atomic E-state index is 11.0. The summed E-state index contributed by atoms with van der Waals surface area (Å²) in [6.45, 7) is 0.616. The van der Waals surface area contributed by atoms with Gasteiger partial charge in [-0.15, -0.1) is 0 Å². The lowest BCUT2D eigenvalue weighted by Gasteiger charge is -2.07. The van der Waals surface area contributed by atoms with Gasteiger partial charge >= 0.3 is 5.69 Å². The summed E-state index contributed by atoms with van der Waals surface area (Å²) in [7, 11) is 1.83. The average Bonchev–Trinajstić information content (AvgIpc) is 2.84. The van der Waals surface area contributed by atoms with Gasteiger partial charge in [-0.3, -0.25) is 14.8 Å². The second kappa shape index (κ2) is 6.16. The van der Waals surface area contributed by atoms with Crippen LogP contribution < -0.4 is 10.5 Å². The normalized spacial score (nSPS) is 10.5. The van der Waals surface area contributed by atoms with Crippen LogP contribution in [0.25, 0.3) is 0 Å². The number of aromatic nitrogens is 2. The summed E-state index contributed by atoms with van der Waals surface area (Å²) in [5.74, 6) is 0.260. The van der Waals surface area contributed by atoms with Crippen molar-refractivity contribution in [1.29, 1.82) is 0 Å². The standard InChI is InChI=1S/C13H16N4O3/c1-16-9-11(8-15-16)4-5-20-13-3-2-10(7-14)6-12(13)17(18)19/h2-3,6,8-9H,4-5,7,14H2,1H3. The van der Waals surface area contributed by atoms with Crippen molar-refractivity contribution >= 4 is 5.69 Å². The third kappa shape index (κ3) is 3.33. The number of hydrogen-bond donors (Lipinski definition) is 1. The maximum absolute atomic E-state index is 11.0. The van der Waals surface area contributed by atoms with Crippen molar-refractivity contribution in [3.8, 4) is 5.75 Å². The van der Waals surface area contributed by atoms with Crippen LogP contribution in [-0.2, 0) is 20.0 Å². The van der Waals surface area contributed by atoms with Crippen LogP contribution in [0, 0.1) is 10.1 Å². The molecule has 0 aliphatic carbocycles.